The number of para-hydroxylation sites is 1. The number of benzene rings is 9. The second-order valence-corrected chi connectivity index (χ2v) is 15.8. The quantitative estimate of drug-likeness (QED) is 0.175. The lowest BCUT2D eigenvalue weighted by Gasteiger charge is -2.24. The number of amidine groups is 2. The lowest BCUT2D eigenvalue weighted by Crippen LogP contribution is -2.33. The van der Waals surface area contributed by atoms with Crippen molar-refractivity contribution in [2.45, 2.75) is 6.17 Å². The van der Waals surface area contributed by atoms with E-state index in [0.29, 0.717) is 5.84 Å². The lowest BCUT2D eigenvalue weighted by atomic mass is 10.0. The van der Waals surface area contributed by atoms with Gasteiger partial charge in [-0.2, -0.15) is 0 Å². The van der Waals surface area contributed by atoms with Gasteiger partial charge in [0.2, 0.25) is 0 Å². The molecule has 1 aliphatic rings. The van der Waals surface area contributed by atoms with E-state index in [1.54, 1.807) is 0 Å². The zero-order valence-electron chi connectivity index (χ0n) is 33.6. The van der Waals surface area contributed by atoms with Crippen molar-refractivity contribution in [2.24, 2.45) is 9.98 Å². The first-order chi connectivity index (χ1) is 30.7. The van der Waals surface area contributed by atoms with Crippen LogP contribution in [0.15, 0.2) is 233 Å². The van der Waals surface area contributed by atoms with Gasteiger partial charge >= 0.3 is 0 Å². The molecule has 0 bridgehead atoms. The van der Waals surface area contributed by atoms with Gasteiger partial charge in [-0.05, 0) is 69.3 Å². The van der Waals surface area contributed by atoms with Gasteiger partial charge in [0.15, 0.2) is 5.84 Å². The molecule has 62 heavy (non-hydrogen) atoms. The van der Waals surface area contributed by atoms with Crippen LogP contribution in [-0.4, -0.2) is 16.2 Å². The van der Waals surface area contributed by atoms with Crippen molar-refractivity contribution in [1.29, 1.82) is 0 Å². The Kier molecular flexibility index (Phi) is 8.49. The molecule has 5 nitrogen and oxygen atoms in total. The van der Waals surface area contributed by atoms with Gasteiger partial charge in [-0.3, -0.25) is 0 Å². The fourth-order valence-electron chi connectivity index (χ4n) is 9.03. The van der Waals surface area contributed by atoms with Crippen molar-refractivity contribution < 1.29 is 4.42 Å². The van der Waals surface area contributed by atoms with Gasteiger partial charge in [-0.25, -0.2) is 9.98 Å². The highest BCUT2D eigenvalue weighted by atomic mass is 16.3. The fourth-order valence-corrected chi connectivity index (χ4v) is 9.03. The molecule has 0 aliphatic carbocycles. The van der Waals surface area contributed by atoms with Gasteiger partial charge in [0, 0.05) is 44.4 Å². The number of fused-ring (bicyclic) bond motifs is 6. The largest absolute Gasteiger partial charge is 0.456 e. The summed E-state index contributed by atoms with van der Waals surface area (Å²) in [5.74, 6) is 1.41. The molecule has 2 aromatic heterocycles. The van der Waals surface area contributed by atoms with E-state index in [9.17, 15) is 0 Å². The topological polar surface area (TPSA) is 54.8 Å². The van der Waals surface area contributed by atoms with Gasteiger partial charge in [-0.15, -0.1) is 0 Å². The van der Waals surface area contributed by atoms with E-state index < -0.39 is 0 Å². The summed E-state index contributed by atoms with van der Waals surface area (Å²) in [4.78, 5) is 10.5. The Balaban J connectivity index is 0.973. The van der Waals surface area contributed by atoms with E-state index in [2.05, 4.69) is 204 Å². The molecule has 1 unspecified atom stereocenters. The molecule has 3 heterocycles. The predicted octanol–water partition coefficient (Wildman–Crippen LogP) is 14.2. The third-order valence-electron chi connectivity index (χ3n) is 12.1. The highest BCUT2D eigenvalue weighted by molar-refractivity contribution is 6.22. The van der Waals surface area contributed by atoms with Crippen molar-refractivity contribution in [1.82, 2.24) is 9.88 Å². The molecule has 1 aliphatic heterocycles. The summed E-state index contributed by atoms with van der Waals surface area (Å²) in [6.45, 7) is 0. The molecular weight excluding hydrogens is 757 g/mol. The summed E-state index contributed by atoms with van der Waals surface area (Å²) in [5, 5.41) is 8.20. The molecule has 11 aromatic rings. The first kappa shape index (κ1) is 35.6. The van der Waals surface area contributed by atoms with Gasteiger partial charge in [0.1, 0.15) is 23.2 Å². The number of rotatable bonds is 7. The van der Waals surface area contributed by atoms with Crippen molar-refractivity contribution >= 4 is 55.4 Å². The Labute approximate surface area is 358 Å². The third-order valence-corrected chi connectivity index (χ3v) is 12.1. The zero-order valence-corrected chi connectivity index (χ0v) is 33.6. The lowest BCUT2D eigenvalue weighted by molar-refractivity contribution is 0.667. The smallest absolute Gasteiger partial charge is 0.159 e. The Hall–Kier alpha value is -8.28. The number of aromatic nitrogens is 1. The van der Waals surface area contributed by atoms with Crippen molar-refractivity contribution in [2.75, 3.05) is 0 Å². The van der Waals surface area contributed by atoms with Gasteiger partial charge in [-0.1, -0.05) is 182 Å². The maximum atomic E-state index is 6.75. The third kappa shape index (κ3) is 6.18. The van der Waals surface area contributed by atoms with Crippen LogP contribution in [0, 0.1) is 0 Å². The average molecular weight is 795 g/mol. The molecule has 0 radical (unpaired) electrons. The standard InChI is InChI=1S/C57H38N4O/c1-4-13-37(14-5-1)40-23-27-42(28-24-40)55-58-56(43-29-25-41(26-30-43)38-15-6-2-7-16-38)60-57(59-55)49-20-12-22-52-54(49)48-34-32-45(36-53(48)62-52)61-50-21-11-10-19-46(50)47-33-31-44(35-51(47)61)39-17-8-3-9-18-39/h1-36,55H,(H,58,59,60). The minimum atomic E-state index is -0.368. The molecular formula is C57H38N4O. The van der Waals surface area contributed by atoms with Crippen LogP contribution in [0.5, 0.6) is 0 Å². The molecule has 9 aromatic carbocycles. The van der Waals surface area contributed by atoms with Crippen LogP contribution in [0.2, 0.25) is 0 Å². The zero-order chi connectivity index (χ0) is 41.0. The highest BCUT2D eigenvalue weighted by Crippen LogP contribution is 2.38. The second-order valence-electron chi connectivity index (χ2n) is 15.8. The van der Waals surface area contributed by atoms with Crippen molar-refractivity contribution in [3.8, 4) is 39.1 Å². The fraction of sp³-hybridized carbons (Fsp3) is 0.0175. The normalized spacial score (nSPS) is 14.0. The van der Waals surface area contributed by atoms with E-state index in [1.165, 1.54) is 33.0 Å². The summed E-state index contributed by atoms with van der Waals surface area (Å²) in [6.07, 6.45) is -0.368. The minimum absolute atomic E-state index is 0.368. The Morgan fingerprint density at radius 1 is 0.419 bits per heavy atom. The maximum absolute atomic E-state index is 6.75. The molecule has 292 valence electrons. The van der Waals surface area contributed by atoms with Gasteiger partial charge in [0.25, 0.3) is 0 Å². The van der Waals surface area contributed by atoms with E-state index in [1.807, 2.05) is 24.3 Å². The summed E-state index contributed by atoms with van der Waals surface area (Å²) in [7, 11) is 0. The highest BCUT2D eigenvalue weighted by Gasteiger charge is 2.25. The Morgan fingerprint density at radius 3 is 1.69 bits per heavy atom. The average Bonchev–Trinajstić information content (AvgIpc) is 3.90. The number of furan rings is 1. The number of aliphatic imine (C=N–C) groups is 2. The summed E-state index contributed by atoms with van der Waals surface area (Å²) >= 11 is 0. The first-order valence-corrected chi connectivity index (χ1v) is 21.0. The monoisotopic (exact) mass is 794 g/mol. The Bertz CT molecular complexity index is 3510. The summed E-state index contributed by atoms with van der Waals surface area (Å²) < 4.78 is 9.10. The number of nitrogens with one attached hydrogen (secondary N) is 1. The summed E-state index contributed by atoms with van der Waals surface area (Å²) in [6, 6.07) is 76.9. The van der Waals surface area contributed by atoms with Crippen LogP contribution in [0.1, 0.15) is 22.9 Å². The predicted molar refractivity (Wildman–Crippen MR) is 256 cm³/mol. The van der Waals surface area contributed by atoms with E-state index >= 15 is 0 Å². The van der Waals surface area contributed by atoms with E-state index in [0.717, 1.165) is 72.3 Å². The minimum Gasteiger partial charge on any atom is -0.456 e. The van der Waals surface area contributed by atoms with Crippen molar-refractivity contribution in [3.05, 3.63) is 235 Å². The van der Waals surface area contributed by atoms with Crippen molar-refractivity contribution in [3.63, 3.8) is 0 Å². The maximum Gasteiger partial charge on any atom is 0.159 e. The van der Waals surface area contributed by atoms with Crippen LogP contribution in [0.4, 0.5) is 0 Å². The van der Waals surface area contributed by atoms with E-state index in [-0.39, 0.29) is 6.17 Å². The van der Waals surface area contributed by atoms with Crippen LogP contribution >= 0.6 is 0 Å². The molecule has 0 amide bonds. The second kappa shape index (κ2) is 14.8. The molecule has 0 fully saturated rings. The van der Waals surface area contributed by atoms with Crippen LogP contribution in [0.3, 0.4) is 0 Å². The van der Waals surface area contributed by atoms with Gasteiger partial charge in [0.05, 0.1) is 11.0 Å². The van der Waals surface area contributed by atoms with Crippen LogP contribution in [-0.2, 0) is 0 Å². The molecule has 5 heteroatoms. The number of hydrogen-bond donors (Lipinski definition) is 1. The molecule has 0 saturated heterocycles. The number of hydrogen-bond acceptors (Lipinski definition) is 4. The molecule has 12 rings (SSSR count). The van der Waals surface area contributed by atoms with Gasteiger partial charge < -0.3 is 14.3 Å². The SMILES string of the molecule is c1ccc(-c2ccc(C3=NC(c4ccc(-c5ccccc5)cc4)NC(c4cccc5oc6cc(-n7c8ccccc8c8ccc(-c9ccccc9)cc87)ccc6c45)=N3)cc2)cc1. The first-order valence-electron chi connectivity index (χ1n) is 21.0. The molecule has 1 N–H and O–H groups in total. The van der Waals surface area contributed by atoms with E-state index in [4.69, 9.17) is 14.4 Å². The van der Waals surface area contributed by atoms with Crippen LogP contribution < -0.4 is 5.32 Å². The van der Waals surface area contributed by atoms with Crippen LogP contribution in [0.25, 0.3) is 82.8 Å². The Morgan fingerprint density at radius 2 is 0.984 bits per heavy atom. The number of nitrogens with zero attached hydrogens (tertiary/aromatic N) is 3. The molecule has 1 atom stereocenters. The summed E-state index contributed by atoms with van der Waals surface area (Å²) in [5.41, 5.74) is 14.9. The molecule has 0 spiro atoms. The molecule has 0 saturated carbocycles.